The van der Waals surface area contributed by atoms with Gasteiger partial charge in [0.1, 0.15) is 0 Å². The molecular formula is C45H46P2. The average molecular weight is 649 g/mol. The van der Waals surface area contributed by atoms with Crippen LogP contribution in [0.1, 0.15) is 56.1 Å². The van der Waals surface area contributed by atoms with Crippen LogP contribution in [0, 0.1) is 11.3 Å². The maximum atomic E-state index is 2.52. The monoisotopic (exact) mass is 648 g/mol. The van der Waals surface area contributed by atoms with E-state index in [-0.39, 0.29) is 16.7 Å². The standard InChI is InChI=1S/C45H46P2/c1-4-35-45(36(2)3,43(37-23-11-5-12-24-37)46(39-27-15-7-16-28-39)40-29-17-8-18-30-40)44(38-25-13-6-14-26-38)47(41-31-19-9-20-32-41)42-33-21-10-22-34-42/h5-34,36,43-44H,4,35H2,1-3H3. The maximum absolute atomic E-state index is 2.52. The van der Waals surface area contributed by atoms with Crippen molar-refractivity contribution in [1.29, 1.82) is 0 Å². The summed E-state index contributed by atoms with van der Waals surface area (Å²) in [5.41, 5.74) is 3.35. The molecule has 0 aliphatic rings. The molecule has 0 radical (unpaired) electrons. The highest BCUT2D eigenvalue weighted by Crippen LogP contribution is 2.73. The fourth-order valence-electron chi connectivity index (χ4n) is 7.70. The molecule has 0 saturated carbocycles. The topological polar surface area (TPSA) is 0 Å². The molecule has 0 fully saturated rings. The van der Waals surface area contributed by atoms with E-state index < -0.39 is 15.8 Å². The highest BCUT2D eigenvalue weighted by atomic mass is 31.1. The molecule has 0 N–H and O–H groups in total. The molecule has 2 unspecified atom stereocenters. The van der Waals surface area contributed by atoms with Gasteiger partial charge >= 0.3 is 0 Å². The van der Waals surface area contributed by atoms with Gasteiger partial charge in [-0.25, -0.2) is 0 Å². The first-order valence-corrected chi connectivity index (χ1v) is 19.9. The Morgan fingerprint density at radius 2 is 0.660 bits per heavy atom. The third-order valence-corrected chi connectivity index (χ3v) is 15.7. The molecule has 0 saturated heterocycles. The first kappa shape index (κ1) is 33.1. The molecule has 0 heterocycles. The highest BCUT2D eigenvalue weighted by Gasteiger charge is 2.54. The van der Waals surface area contributed by atoms with E-state index in [0.717, 1.165) is 12.8 Å². The van der Waals surface area contributed by atoms with E-state index in [2.05, 4.69) is 203 Å². The number of benzene rings is 6. The first-order chi connectivity index (χ1) is 23.1. The van der Waals surface area contributed by atoms with Gasteiger partial charge in [0.25, 0.3) is 0 Å². The van der Waals surface area contributed by atoms with Gasteiger partial charge in [0.15, 0.2) is 0 Å². The van der Waals surface area contributed by atoms with E-state index in [0.29, 0.717) is 5.92 Å². The maximum Gasteiger partial charge on any atom is 0.0190 e. The predicted molar refractivity (Wildman–Crippen MR) is 209 cm³/mol. The van der Waals surface area contributed by atoms with Gasteiger partial charge in [0, 0.05) is 11.3 Å². The van der Waals surface area contributed by atoms with Crippen LogP contribution >= 0.6 is 15.8 Å². The summed E-state index contributed by atoms with van der Waals surface area (Å²) < 4.78 is 0. The van der Waals surface area contributed by atoms with E-state index in [1.54, 1.807) is 0 Å². The van der Waals surface area contributed by atoms with Crippen LogP contribution in [0.2, 0.25) is 0 Å². The Morgan fingerprint density at radius 3 is 0.894 bits per heavy atom. The van der Waals surface area contributed by atoms with Gasteiger partial charge in [-0.3, -0.25) is 0 Å². The van der Waals surface area contributed by atoms with Gasteiger partial charge in [-0.2, -0.15) is 0 Å². The van der Waals surface area contributed by atoms with Crippen molar-refractivity contribution in [2.24, 2.45) is 11.3 Å². The van der Waals surface area contributed by atoms with E-state index in [4.69, 9.17) is 0 Å². The molecule has 6 aromatic carbocycles. The molecule has 6 rings (SSSR count). The molecule has 0 nitrogen and oxygen atoms in total. The quantitative estimate of drug-likeness (QED) is 0.109. The average Bonchev–Trinajstić information content (AvgIpc) is 3.14. The van der Waals surface area contributed by atoms with E-state index in [1.807, 2.05) is 0 Å². The summed E-state index contributed by atoms with van der Waals surface area (Å²) in [4.78, 5) is 0. The lowest BCUT2D eigenvalue weighted by Gasteiger charge is -2.55. The molecule has 236 valence electrons. The lowest BCUT2D eigenvalue weighted by atomic mass is 9.65. The first-order valence-electron chi connectivity index (χ1n) is 17.0. The lowest BCUT2D eigenvalue weighted by molar-refractivity contribution is 0.152. The van der Waals surface area contributed by atoms with Crippen LogP contribution in [0.5, 0.6) is 0 Å². The molecule has 0 bridgehead atoms. The fraction of sp³-hybridized carbons (Fsp3) is 0.200. The van der Waals surface area contributed by atoms with Crippen molar-refractivity contribution in [1.82, 2.24) is 0 Å². The summed E-state index contributed by atoms with van der Waals surface area (Å²) in [7, 11) is -1.60. The smallest absolute Gasteiger partial charge is 0.0190 e. The van der Waals surface area contributed by atoms with Crippen molar-refractivity contribution in [2.45, 2.75) is 44.9 Å². The summed E-state index contributed by atoms with van der Waals surface area (Å²) in [6, 6.07) is 68.8. The summed E-state index contributed by atoms with van der Waals surface area (Å²) in [5.74, 6) is 0.396. The largest absolute Gasteiger partial charge is 0.0654 e. The van der Waals surface area contributed by atoms with Crippen molar-refractivity contribution in [2.75, 3.05) is 0 Å². The SMILES string of the molecule is CCCC(C(C)C)(C(c1ccccc1)P(c1ccccc1)c1ccccc1)C(c1ccccc1)P(c1ccccc1)c1ccccc1. The zero-order valence-electron chi connectivity index (χ0n) is 27.9. The van der Waals surface area contributed by atoms with E-state index >= 15 is 0 Å². The molecule has 0 aliphatic heterocycles. The Hall–Kier alpha value is -3.82. The van der Waals surface area contributed by atoms with Crippen molar-refractivity contribution in [3.05, 3.63) is 193 Å². The second kappa shape index (κ2) is 15.8. The Morgan fingerprint density at radius 1 is 0.404 bits per heavy atom. The third kappa shape index (κ3) is 7.06. The molecular weight excluding hydrogens is 602 g/mol. The minimum Gasteiger partial charge on any atom is -0.0654 e. The second-order valence-corrected chi connectivity index (χ2v) is 17.3. The minimum atomic E-state index is -0.798. The molecule has 47 heavy (non-hydrogen) atoms. The van der Waals surface area contributed by atoms with Crippen LogP contribution in [0.25, 0.3) is 0 Å². The van der Waals surface area contributed by atoms with Crippen molar-refractivity contribution in [3.8, 4) is 0 Å². The van der Waals surface area contributed by atoms with Crippen molar-refractivity contribution < 1.29 is 0 Å². The Bertz CT molecular complexity index is 1550. The second-order valence-electron chi connectivity index (χ2n) is 12.7. The van der Waals surface area contributed by atoms with Crippen LogP contribution < -0.4 is 21.2 Å². The number of hydrogen-bond donors (Lipinski definition) is 0. The number of rotatable bonds is 13. The Labute approximate surface area is 285 Å². The van der Waals surface area contributed by atoms with Gasteiger partial charge in [0.2, 0.25) is 0 Å². The van der Waals surface area contributed by atoms with Gasteiger partial charge in [-0.05, 0) is 65.9 Å². The summed E-state index contributed by atoms with van der Waals surface area (Å²) in [6.07, 6.45) is 2.24. The highest BCUT2D eigenvalue weighted by molar-refractivity contribution is 7.74. The van der Waals surface area contributed by atoms with Crippen molar-refractivity contribution >= 4 is 37.1 Å². The lowest BCUT2D eigenvalue weighted by Crippen LogP contribution is -2.43. The number of hydrogen-bond acceptors (Lipinski definition) is 0. The van der Waals surface area contributed by atoms with Gasteiger partial charge < -0.3 is 0 Å². The van der Waals surface area contributed by atoms with Crippen LogP contribution in [0.4, 0.5) is 0 Å². The van der Waals surface area contributed by atoms with Gasteiger partial charge in [0.05, 0.1) is 0 Å². The van der Waals surface area contributed by atoms with E-state index in [1.165, 1.54) is 32.3 Å². The zero-order chi connectivity index (χ0) is 32.5. The molecule has 6 aromatic rings. The molecule has 0 aromatic heterocycles. The van der Waals surface area contributed by atoms with Crippen LogP contribution in [-0.2, 0) is 0 Å². The molecule has 0 aliphatic carbocycles. The zero-order valence-corrected chi connectivity index (χ0v) is 29.7. The predicted octanol–water partition coefficient (Wildman–Crippen LogP) is 11.2. The van der Waals surface area contributed by atoms with Crippen LogP contribution in [0.3, 0.4) is 0 Å². The molecule has 0 spiro atoms. The Balaban J connectivity index is 1.75. The van der Waals surface area contributed by atoms with Crippen molar-refractivity contribution in [3.63, 3.8) is 0 Å². The molecule has 2 heteroatoms. The molecule has 0 amide bonds. The van der Waals surface area contributed by atoms with Crippen LogP contribution in [-0.4, -0.2) is 0 Å². The van der Waals surface area contributed by atoms with Gasteiger partial charge in [-0.1, -0.05) is 209 Å². The molecule has 2 atom stereocenters. The minimum absolute atomic E-state index is 0.0910. The summed E-state index contributed by atoms with van der Waals surface area (Å²) in [6.45, 7) is 7.45. The fourth-order valence-corrected chi connectivity index (χ4v) is 14.6. The summed E-state index contributed by atoms with van der Waals surface area (Å²) >= 11 is 0. The van der Waals surface area contributed by atoms with E-state index in [9.17, 15) is 0 Å². The van der Waals surface area contributed by atoms with Crippen LogP contribution in [0.15, 0.2) is 182 Å². The third-order valence-electron chi connectivity index (χ3n) is 9.66. The Kier molecular flexibility index (Phi) is 11.2. The normalized spacial score (nSPS) is 14.2. The van der Waals surface area contributed by atoms with Gasteiger partial charge in [-0.15, -0.1) is 0 Å². The summed E-state index contributed by atoms with van der Waals surface area (Å²) in [5, 5.41) is 5.77.